The Morgan fingerprint density at radius 1 is 1.07 bits per heavy atom. The molecule has 2 nitrogen and oxygen atoms in total. The number of hydrogen-bond donors (Lipinski definition) is 1. The van der Waals surface area contributed by atoms with Crippen molar-refractivity contribution in [3.05, 3.63) is 0 Å². The summed E-state index contributed by atoms with van der Waals surface area (Å²) in [6.07, 6.45) is 8.64. The average Bonchev–Trinajstić information content (AvgIpc) is 2.29. The van der Waals surface area contributed by atoms with Crippen molar-refractivity contribution in [2.45, 2.75) is 57.5 Å². The van der Waals surface area contributed by atoms with E-state index in [0.717, 1.165) is 18.0 Å². The second-order valence-corrected chi connectivity index (χ2v) is 5.57. The van der Waals surface area contributed by atoms with E-state index < -0.39 is 0 Å². The highest BCUT2D eigenvalue weighted by Crippen LogP contribution is 2.26. The Kier molecular flexibility index (Phi) is 4.04. The van der Waals surface area contributed by atoms with E-state index in [2.05, 4.69) is 24.2 Å². The van der Waals surface area contributed by atoms with Gasteiger partial charge in [0.15, 0.2) is 0 Å². The molecule has 2 unspecified atom stereocenters. The second-order valence-electron chi connectivity index (χ2n) is 5.57. The Hall–Kier alpha value is -0.0800. The zero-order chi connectivity index (χ0) is 10.7. The molecule has 0 spiro atoms. The molecule has 1 aliphatic heterocycles. The van der Waals surface area contributed by atoms with Crippen LogP contribution >= 0.6 is 0 Å². The second kappa shape index (κ2) is 5.31. The molecule has 0 aromatic carbocycles. The molecule has 15 heavy (non-hydrogen) atoms. The molecule has 0 aromatic heterocycles. The predicted octanol–water partition coefficient (Wildman–Crippen LogP) is 2.25. The van der Waals surface area contributed by atoms with Crippen LogP contribution in [-0.4, -0.2) is 37.1 Å². The summed E-state index contributed by atoms with van der Waals surface area (Å²) in [5, 5.41) is 3.46. The highest BCUT2D eigenvalue weighted by Gasteiger charge is 2.29. The lowest BCUT2D eigenvalue weighted by molar-refractivity contribution is 0.0851. The van der Waals surface area contributed by atoms with Gasteiger partial charge >= 0.3 is 0 Å². The first-order valence-corrected chi connectivity index (χ1v) is 6.71. The van der Waals surface area contributed by atoms with Crippen molar-refractivity contribution < 1.29 is 0 Å². The third-order valence-corrected chi connectivity index (χ3v) is 4.19. The van der Waals surface area contributed by atoms with E-state index in [1.807, 2.05) is 0 Å². The first-order valence-electron chi connectivity index (χ1n) is 6.71. The highest BCUT2D eigenvalue weighted by molar-refractivity contribution is 4.86. The molecule has 1 saturated heterocycles. The van der Waals surface area contributed by atoms with Gasteiger partial charge in [0, 0.05) is 25.2 Å². The lowest BCUT2D eigenvalue weighted by Crippen LogP contribution is -2.51. The van der Waals surface area contributed by atoms with Gasteiger partial charge in [-0.2, -0.15) is 0 Å². The molecule has 2 heteroatoms. The number of nitrogens with one attached hydrogen (secondary N) is 1. The number of rotatable bonds is 2. The summed E-state index contributed by atoms with van der Waals surface area (Å²) in [4.78, 5) is 2.76. The molecule has 0 radical (unpaired) electrons. The quantitative estimate of drug-likeness (QED) is 0.752. The van der Waals surface area contributed by atoms with E-state index in [1.54, 1.807) is 0 Å². The third kappa shape index (κ3) is 2.94. The lowest BCUT2D eigenvalue weighted by Gasteiger charge is -2.42. The van der Waals surface area contributed by atoms with Gasteiger partial charge in [0.1, 0.15) is 0 Å². The monoisotopic (exact) mass is 210 g/mol. The van der Waals surface area contributed by atoms with Crippen LogP contribution < -0.4 is 5.32 Å². The van der Waals surface area contributed by atoms with E-state index in [1.165, 1.54) is 51.6 Å². The average molecular weight is 210 g/mol. The maximum atomic E-state index is 3.46. The van der Waals surface area contributed by atoms with E-state index in [-0.39, 0.29) is 0 Å². The summed E-state index contributed by atoms with van der Waals surface area (Å²) in [5.74, 6) is 0.873. The highest BCUT2D eigenvalue weighted by atomic mass is 15.2. The fourth-order valence-electron chi connectivity index (χ4n) is 3.35. The molecule has 2 rings (SSSR count). The van der Waals surface area contributed by atoms with Crippen LogP contribution in [0.25, 0.3) is 0 Å². The van der Waals surface area contributed by atoms with Crippen LogP contribution in [-0.2, 0) is 0 Å². The van der Waals surface area contributed by atoms with Crippen LogP contribution in [0, 0.1) is 5.92 Å². The summed E-state index contributed by atoms with van der Waals surface area (Å²) in [7, 11) is 2.11. The largest absolute Gasteiger partial charge is 0.316 e. The molecular weight excluding hydrogens is 184 g/mol. The molecule has 2 atom stereocenters. The number of likely N-dealkylation sites (tertiary alicyclic amines) is 1. The molecule has 2 fully saturated rings. The van der Waals surface area contributed by atoms with Gasteiger partial charge in [-0.25, -0.2) is 0 Å². The van der Waals surface area contributed by atoms with Crippen molar-refractivity contribution >= 4 is 0 Å². The molecule has 88 valence electrons. The van der Waals surface area contributed by atoms with E-state index in [9.17, 15) is 0 Å². The van der Waals surface area contributed by atoms with Gasteiger partial charge < -0.3 is 5.32 Å². The predicted molar refractivity (Wildman–Crippen MR) is 65.1 cm³/mol. The summed E-state index contributed by atoms with van der Waals surface area (Å²) >= 11 is 0. The van der Waals surface area contributed by atoms with Crippen LogP contribution in [0.3, 0.4) is 0 Å². The summed E-state index contributed by atoms with van der Waals surface area (Å²) in [5.41, 5.74) is 0. The zero-order valence-corrected chi connectivity index (χ0v) is 10.3. The topological polar surface area (TPSA) is 15.3 Å². The van der Waals surface area contributed by atoms with Crippen LogP contribution in [0.4, 0.5) is 0 Å². The summed E-state index contributed by atoms with van der Waals surface area (Å²) in [6, 6.07) is 1.63. The van der Waals surface area contributed by atoms with Crippen molar-refractivity contribution in [3.63, 3.8) is 0 Å². The van der Waals surface area contributed by atoms with Crippen LogP contribution in [0.2, 0.25) is 0 Å². The van der Waals surface area contributed by atoms with E-state index in [0.29, 0.717) is 0 Å². The number of hydrogen-bond acceptors (Lipinski definition) is 2. The van der Waals surface area contributed by atoms with Crippen LogP contribution in [0.1, 0.15) is 45.4 Å². The zero-order valence-electron chi connectivity index (χ0n) is 10.3. The Morgan fingerprint density at radius 3 is 2.47 bits per heavy atom. The molecule has 1 heterocycles. The van der Waals surface area contributed by atoms with Gasteiger partial charge in [-0.1, -0.05) is 26.2 Å². The maximum absolute atomic E-state index is 3.46. The minimum atomic E-state index is 0.732. The third-order valence-electron chi connectivity index (χ3n) is 4.19. The van der Waals surface area contributed by atoms with Crippen molar-refractivity contribution in [2.75, 3.05) is 20.1 Å². The normalized spacial score (nSPS) is 35.6. The maximum Gasteiger partial charge on any atom is 0.0195 e. The van der Waals surface area contributed by atoms with Crippen molar-refractivity contribution in [1.82, 2.24) is 10.2 Å². The molecular formula is C13H26N2. The van der Waals surface area contributed by atoms with Crippen molar-refractivity contribution in [1.29, 1.82) is 0 Å². The van der Waals surface area contributed by atoms with E-state index in [4.69, 9.17) is 0 Å². The summed E-state index contributed by atoms with van der Waals surface area (Å²) < 4.78 is 0. The van der Waals surface area contributed by atoms with Gasteiger partial charge in [0.25, 0.3) is 0 Å². The first-order chi connectivity index (χ1) is 7.29. The first kappa shape index (κ1) is 11.4. The number of likely N-dealkylation sites (N-methyl/N-ethyl adjacent to an activating group) is 1. The van der Waals surface area contributed by atoms with Gasteiger partial charge in [0.05, 0.1) is 0 Å². The van der Waals surface area contributed by atoms with Gasteiger partial charge in [0.2, 0.25) is 0 Å². The Labute approximate surface area is 94.4 Å². The molecule has 1 saturated carbocycles. The molecule has 1 aliphatic carbocycles. The molecule has 0 aromatic rings. The van der Waals surface area contributed by atoms with Crippen LogP contribution in [0.15, 0.2) is 0 Å². The SMILES string of the molecule is CNC1CC(C)CN(C2CCCCC2)C1. The van der Waals surface area contributed by atoms with Crippen molar-refractivity contribution in [3.8, 4) is 0 Å². The number of piperidine rings is 1. The Bertz CT molecular complexity index is 187. The van der Waals surface area contributed by atoms with Gasteiger partial charge in [-0.15, -0.1) is 0 Å². The molecule has 2 aliphatic rings. The Morgan fingerprint density at radius 2 is 1.80 bits per heavy atom. The summed E-state index contributed by atoms with van der Waals surface area (Å²) in [6.45, 7) is 5.02. The minimum absolute atomic E-state index is 0.732. The minimum Gasteiger partial charge on any atom is -0.316 e. The molecule has 0 amide bonds. The van der Waals surface area contributed by atoms with Gasteiger partial charge in [-0.3, -0.25) is 4.90 Å². The fourth-order valence-corrected chi connectivity index (χ4v) is 3.35. The number of nitrogens with zero attached hydrogens (tertiary/aromatic N) is 1. The van der Waals surface area contributed by atoms with Crippen molar-refractivity contribution in [2.24, 2.45) is 5.92 Å². The molecule has 1 N–H and O–H groups in total. The fraction of sp³-hybridized carbons (Fsp3) is 1.00. The van der Waals surface area contributed by atoms with Crippen LogP contribution in [0.5, 0.6) is 0 Å². The molecule has 0 bridgehead atoms. The van der Waals surface area contributed by atoms with Gasteiger partial charge in [-0.05, 0) is 32.2 Å². The lowest BCUT2D eigenvalue weighted by atomic mass is 9.89. The standard InChI is InChI=1S/C13H26N2/c1-11-8-12(14-2)10-15(9-11)13-6-4-3-5-7-13/h11-14H,3-10H2,1-2H3. The smallest absolute Gasteiger partial charge is 0.0195 e. The Balaban J connectivity index is 1.89. The van der Waals surface area contributed by atoms with E-state index >= 15 is 0 Å².